The standard InChI is InChI=1S/C15H22N4O2/c1-11-9-19(3,10-17-11)13-7-5-12(18-15(13)21-4)6-8-14(20)16-2/h5,7,9-10,12,18H,6,8H2,1-4H3/p+1. The fraction of sp³-hybridized carbons (Fsp3) is 0.467. The van der Waals surface area contributed by atoms with Gasteiger partial charge in [-0.25, -0.2) is 9.48 Å². The predicted octanol–water partition coefficient (Wildman–Crippen LogP) is 1.21. The van der Waals surface area contributed by atoms with Crippen molar-refractivity contribution in [2.24, 2.45) is 4.99 Å². The van der Waals surface area contributed by atoms with Crippen LogP contribution in [0.3, 0.4) is 0 Å². The first-order valence-corrected chi connectivity index (χ1v) is 7.03. The molecular weight excluding hydrogens is 268 g/mol. The molecule has 0 fully saturated rings. The van der Waals surface area contributed by atoms with E-state index in [-0.39, 0.29) is 11.9 Å². The Balaban J connectivity index is 2.11. The van der Waals surface area contributed by atoms with Crippen LogP contribution in [0.25, 0.3) is 0 Å². The number of amides is 1. The molecule has 2 aliphatic heterocycles. The molecule has 2 unspecified atom stereocenters. The van der Waals surface area contributed by atoms with Crippen LogP contribution in [0.1, 0.15) is 19.8 Å². The van der Waals surface area contributed by atoms with Gasteiger partial charge in [0, 0.05) is 25.6 Å². The zero-order valence-corrected chi connectivity index (χ0v) is 13.0. The van der Waals surface area contributed by atoms with Gasteiger partial charge in [-0.15, -0.1) is 0 Å². The minimum Gasteiger partial charge on any atom is -0.478 e. The number of nitrogens with zero attached hydrogens (tertiary/aromatic N) is 2. The number of carbonyl (C=O) groups excluding carboxylic acids is 1. The van der Waals surface area contributed by atoms with Crippen molar-refractivity contribution in [3.63, 3.8) is 0 Å². The number of carbonyl (C=O) groups is 1. The number of methoxy groups -OCH3 is 1. The van der Waals surface area contributed by atoms with E-state index >= 15 is 0 Å². The van der Waals surface area contributed by atoms with Crippen molar-refractivity contribution in [2.75, 3.05) is 21.2 Å². The molecule has 0 saturated carbocycles. The molecule has 2 N–H and O–H groups in total. The van der Waals surface area contributed by atoms with Crippen molar-refractivity contribution in [3.05, 3.63) is 35.6 Å². The number of nitrogens with one attached hydrogen (secondary N) is 2. The molecular formula is C15H23N4O2+. The Kier molecular flexibility index (Phi) is 4.47. The second kappa shape index (κ2) is 6.13. The van der Waals surface area contributed by atoms with Crippen LogP contribution in [-0.4, -0.2) is 44.0 Å². The second-order valence-electron chi connectivity index (χ2n) is 5.40. The largest absolute Gasteiger partial charge is 0.478 e. The molecule has 0 aromatic rings. The summed E-state index contributed by atoms with van der Waals surface area (Å²) in [6.07, 6.45) is 9.26. The van der Waals surface area contributed by atoms with Gasteiger partial charge in [0.1, 0.15) is 6.20 Å². The molecule has 2 atom stereocenters. The number of hydrogen-bond donors (Lipinski definition) is 2. The van der Waals surface area contributed by atoms with E-state index in [1.54, 1.807) is 14.2 Å². The van der Waals surface area contributed by atoms with Crippen molar-refractivity contribution in [1.29, 1.82) is 0 Å². The Morgan fingerprint density at radius 2 is 2.33 bits per heavy atom. The third-order valence-electron chi connectivity index (χ3n) is 3.68. The highest BCUT2D eigenvalue weighted by atomic mass is 16.5. The Morgan fingerprint density at radius 3 is 2.90 bits per heavy atom. The van der Waals surface area contributed by atoms with Gasteiger partial charge in [-0.2, -0.15) is 0 Å². The fourth-order valence-electron chi connectivity index (χ4n) is 2.49. The molecule has 0 aromatic heterocycles. The van der Waals surface area contributed by atoms with Crippen molar-refractivity contribution in [3.8, 4) is 0 Å². The van der Waals surface area contributed by atoms with Crippen LogP contribution >= 0.6 is 0 Å². The van der Waals surface area contributed by atoms with Crippen LogP contribution < -0.4 is 10.6 Å². The Labute approximate surface area is 125 Å². The number of dihydropyridines is 1. The quantitative estimate of drug-likeness (QED) is 0.748. The van der Waals surface area contributed by atoms with E-state index in [0.717, 1.165) is 23.7 Å². The van der Waals surface area contributed by atoms with E-state index < -0.39 is 0 Å². The summed E-state index contributed by atoms with van der Waals surface area (Å²) in [6.45, 7) is 1.97. The fourth-order valence-corrected chi connectivity index (χ4v) is 2.49. The average molecular weight is 291 g/mol. The smallest absolute Gasteiger partial charge is 0.251 e. The molecule has 2 rings (SSSR count). The minimum absolute atomic E-state index is 0.0446. The molecule has 2 heterocycles. The van der Waals surface area contributed by atoms with E-state index in [9.17, 15) is 4.79 Å². The summed E-state index contributed by atoms with van der Waals surface area (Å²) >= 11 is 0. The van der Waals surface area contributed by atoms with E-state index in [0.29, 0.717) is 10.9 Å². The summed E-state index contributed by atoms with van der Waals surface area (Å²) in [5.74, 6) is 0.766. The lowest BCUT2D eigenvalue weighted by Gasteiger charge is -2.29. The predicted molar refractivity (Wildman–Crippen MR) is 81.8 cm³/mol. The van der Waals surface area contributed by atoms with Gasteiger partial charge in [0.25, 0.3) is 5.88 Å². The topological polar surface area (TPSA) is 62.7 Å². The zero-order chi connectivity index (χ0) is 15.5. The molecule has 6 nitrogen and oxygen atoms in total. The average Bonchev–Trinajstić information content (AvgIpc) is 2.84. The number of likely N-dealkylation sites (N-methyl/N-ethyl adjacent to an activating group) is 1. The molecule has 6 heteroatoms. The highest BCUT2D eigenvalue weighted by Gasteiger charge is 2.33. The molecule has 0 saturated heterocycles. The van der Waals surface area contributed by atoms with Gasteiger partial charge in [-0.05, 0) is 13.3 Å². The number of quaternary nitrogens is 1. The number of ether oxygens (including phenoxy) is 1. The van der Waals surface area contributed by atoms with Crippen molar-refractivity contribution in [2.45, 2.75) is 25.8 Å². The van der Waals surface area contributed by atoms with Gasteiger partial charge in [0.05, 0.1) is 19.9 Å². The van der Waals surface area contributed by atoms with Gasteiger partial charge in [-0.3, -0.25) is 4.79 Å². The molecule has 0 radical (unpaired) electrons. The molecule has 1 amide bonds. The lowest BCUT2D eigenvalue weighted by atomic mass is 10.1. The summed E-state index contributed by atoms with van der Waals surface area (Å²) in [6, 6.07) is 0.0946. The summed E-state index contributed by atoms with van der Waals surface area (Å²) in [7, 11) is 5.34. The molecule has 21 heavy (non-hydrogen) atoms. The Hall–Kier alpha value is -2.08. The molecule has 0 aromatic carbocycles. The lowest BCUT2D eigenvalue weighted by molar-refractivity contribution is -0.711. The minimum atomic E-state index is 0.0446. The third kappa shape index (κ3) is 3.33. The molecule has 0 bridgehead atoms. The first-order valence-electron chi connectivity index (χ1n) is 7.03. The first kappa shape index (κ1) is 15.3. The highest BCUT2D eigenvalue weighted by Crippen LogP contribution is 2.27. The van der Waals surface area contributed by atoms with Gasteiger partial charge in [-0.1, -0.05) is 6.08 Å². The number of aliphatic imine (C=N–C) groups is 1. The Bertz CT molecular complexity index is 548. The number of rotatable bonds is 5. The van der Waals surface area contributed by atoms with E-state index in [4.69, 9.17) is 4.74 Å². The number of allylic oxidation sites excluding steroid dienone is 2. The van der Waals surface area contributed by atoms with Crippen molar-refractivity contribution in [1.82, 2.24) is 10.6 Å². The van der Waals surface area contributed by atoms with Crippen LogP contribution in [0.15, 0.2) is 40.6 Å². The van der Waals surface area contributed by atoms with Crippen molar-refractivity contribution < 1.29 is 14.0 Å². The SMILES string of the molecule is CNC(=O)CCC1C=CC([N+]2(C)C=NC(C)=C2)=C(OC)N1. The maximum atomic E-state index is 11.3. The summed E-state index contributed by atoms with van der Waals surface area (Å²) in [5, 5.41) is 5.97. The number of hydrogen-bond acceptors (Lipinski definition) is 4. The highest BCUT2D eigenvalue weighted by molar-refractivity contribution is 5.75. The first-order chi connectivity index (χ1) is 9.98. The monoisotopic (exact) mass is 291 g/mol. The van der Waals surface area contributed by atoms with E-state index in [2.05, 4.69) is 27.9 Å². The van der Waals surface area contributed by atoms with Gasteiger partial charge in [0.15, 0.2) is 6.34 Å². The molecule has 0 aliphatic carbocycles. The summed E-state index contributed by atoms with van der Waals surface area (Å²) in [4.78, 5) is 15.7. The van der Waals surface area contributed by atoms with Crippen molar-refractivity contribution >= 4 is 12.2 Å². The third-order valence-corrected chi connectivity index (χ3v) is 3.68. The van der Waals surface area contributed by atoms with Crippen LogP contribution in [0, 0.1) is 0 Å². The summed E-state index contributed by atoms with van der Waals surface area (Å²) in [5.41, 5.74) is 1.98. The van der Waals surface area contributed by atoms with Crippen LogP contribution in [0.2, 0.25) is 0 Å². The van der Waals surface area contributed by atoms with Gasteiger partial charge >= 0.3 is 0 Å². The maximum absolute atomic E-state index is 11.3. The normalized spacial score (nSPS) is 27.4. The summed E-state index contributed by atoms with van der Waals surface area (Å²) < 4.78 is 5.96. The lowest BCUT2D eigenvalue weighted by Crippen LogP contribution is -2.41. The van der Waals surface area contributed by atoms with Crippen LogP contribution in [-0.2, 0) is 9.53 Å². The van der Waals surface area contributed by atoms with Gasteiger partial charge in [0.2, 0.25) is 11.6 Å². The maximum Gasteiger partial charge on any atom is 0.251 e. The van der Waals surface area contributed by atoms with E-state index in [1.165, 1.54) is 0 Å². The zero-order valence-electron chi connectivity index (χ0n) is 13.0. The van der Waals surface area contributed by atoms with Crippen LogP contribution in [0.5, 0.6) is 0 Å². The molecule has 114 valence electrons. The van der Waals surface area contributed by atoms with Crippen LogP contribution in [0.4, 0.5) is 0 Å². The Morgan fingerprint density at radius 1 is 1.57 bits per heavy atom. The van der Waals surface area contributed by atoms with E-state index in [1.807, 2.05) is 26.4 Å². The second-order valence-corrected chi connectivity index (χ2v) is 5.40. The molecule has 2 aliphatic rings. The van der Waals surface area contributed by atoms with Gasteiger partial charge < -0.3 is 15.4 Å². The molecule has 0 spiro atoms.